The van der Waals surface area contributed by atoms with E-state index in [0.29, 0.717) is 43.3 Å². The highest BCUT2D eigenvalue weighted by molar-refractivity contribution is 6.98. The summed E-state index contributed by atoms with van der Waals surface area (Å²) in [6, 6.07) is 30.2. The third kappa shape index (κ3) is 7.20. The van der Waals surface area contributed by atoms with Crippen LogP contribution in [0.25, 0.3) is 11.0 Å². The van der Waals surface area contributed by atoms with E-state index in [2.05, 4.69) is 69.9 Å². The van der Waals surface area contributed by atoms with Crippen LogP contribution in [0.4, 0.5) is 5.82 Å². The number of nitrogens with one attached hydrogen (secondary N) is 1. The summed E-state index contributed by atoms with van der Waals surface area (Å²) in [5.74, 6) is 2.23. The number of carbonyl (C=O) groups excluding carboxylic acids is 1. The molecular weight excluding hydrogens is 723 g/mol. The van der Waals surface area contributed by atoms with Gasteiger partial charge in [0.05, 0.1) is 23.1 Å². The highest BCUT2D eigenvalue weighted by Crippen LogP contribution is 2.47. The normalized spacial score (nSPS) is 29.4. The molecule has 0 radical (unpaired) electrons. The Kier molecular flexibility index (Phi) is 10.7. The van der Waals surface area contributed by atoms with Crippen molar-refractivity contribution in [3.63, 3.8) is 0 Å². The molecule has 9 rings (SSSR count). The van der Waals surface area contributed by atoms with Gasteiger partial charge in [-0.2, -0.15) is 0 Å². The molecule has 57 heavy (non-hydrogen) atoms. The van der Waals surface area contributed by atoms with Crippen LogP contribution in [0.3, 0.4) is 0 Å². The molecule has 8 nitrogen and oxygen atoms in total. The summed E-state index contributed by atoms with van der Waals surface area (Å²) in [5, 5.41) is 4.72. The van der Waals surface area contributed by atoms with Gasteiger partial charge in [0, 0.05) is 37.6 Å². The van der Waals surface area contributed by atoms with Crippen molar-refractivity contribution in [1.82, 2.24) is 19.8 Å². The minimum atomic E-state index is -3.25. The Bertz CT molecular complexity index is 2040. The molecule has 0 spiro atoms. The predicted molar refractivity (Wildman–Crippen MR) is 233 cm³/mol. The fraction of sp³-hybridized carbons (Fsp3) is 0.562. The van der Waals surface area contributed by atoms with Gasteiger partial charge in [-0.15, -0.1) is 0 Å². The third-order valence-corrected chi connectivity index (χ3v) is 19.8. The van der Waals surface area contributed by atoms with Gasteiger partial charge in [-0.1, -0.05) is 119 Å². The summed E-state index contributed by atoms with van der Waals surface area (Å²) in [4.78, 5) is 50.9. The second-order valence-corrected chi connectivity index (χ2v) is 23.1. The lowest BCUT2D eigenvalue weighted by Gasteiger charge is -2.55. The van der Waals surface area contributed by atoms with Crippen LogP contribution in [-0.2, 0) is 4.79 Å². The Hall–Kier alpha value is -3.79. The Morgan fingerprint density at radius 2 is 1.37 bits per heavy atom. The summed E-state index contributed by atoms with van der Waals surface area (Å²) in [7, 11) is -3.25. The number of carbonyl (C=O) groups is 1. The van der Waals surface area contributed by atoms with Gasteiger partial charge < -0.3 is 19.6 Å². The van der Waals surface area contributed by atoms with E-state index in [1.165, 1.54) is 64.2 Å². The van der Waals surface area contributed by atoms with Gasteiger partial charge >= 0.3 is 0 Å². The number of piperidine rings is 2. The molecule has 3 saturated heterocycles. The predicted octanol–water partition coefficient (Wildman–Crippen LogP) is 7.32. The largest absolute Gasteiger partial charge is 0.424 e. The summed E-state index contributed by atoms with van der Waals surface area (Å²) in [6.45, 7) is 6.51. The summed E-state index contributed by atoms with van der Waals surface area (Å²) in [5.41, 5.74) is 1.79. The van der Waals surface area contributed by atoms with Crippen LogP contribution in [0.2, 0.25) is 5.04 Å². The van der Waals surface area contributed by atoms with Crippen LogP contribution in [0.5, 0.6) is 0 Å². The number of fused-ring (bicyclic) bond motifs is 5. The van der Waals surface area contributed by atoms with E-state index >= 15 is 4.79 Å². The van der Waals surface area contributed by atoms with E-state index in [1.807, 2.05) is 48.5 Å². The van der Waals surface area contributed by atoms with Crippen molar-refractivity contribution in [2.75, 3.05) is 11.4 Å². The van der Waals surface area contributed by atoms with Gasteiger partial charge in [0.1, 0.15) is 0 Å². The Labute approximate surface area is 340 Å². The van der Waals surface area contributed by atoms with Crippen LogP contribution in [0.15, 0.2) is 89.7 Å². The van der Waals surface area contributed by atoms with Crippen molar-refractivity contribution in [2.24, 2.45) is 11.8 Å². The smallest absolute Gasteiger partial charge is 0.294 e. The molecule has 2 aliphatic carbocycles. The molecule has 1 aromatic heterocycles. The Morgan fingerprint density at radius 1 is 0.772 bits per heavy atom. The second kappa shape index (κ2) is 15.8. The third-order valence-electron chi connectivity index (χ3n) is 15.3. The molecule has 4 aromatic rings. The van der Waals surface area contributed by atoms with Gasteiger partial charge in [0.2, 0.25) is 5.91 Å². The highest BCUT2D eigenvalue weighted by Gasteiger charge is 2.52. The first-order valence-corrected chi connectivity index (χ1v) is 24.2. The number of amides is 1. The lowest BCUT2D eigenvalue weighted by atomic mass is 9.73. The topological polar surface area (TPSA) is 90.7 Å². The first-order valence-electron chi connectivity index (χ1n) is 22.3. The van der Waals surface area contributed by atoms with Crippen molar-refractivity contribution in [3.05, 3.63) is 95.3 Å². The fourth-order valence-corrected chi connectivity index (χ4v) is 16.3. The number of hydrogen-bond acceptors (Lipinski definition) is 6. The van der Waals surface area contributed by atoms with Gasteiger partial charge in [-0.05, 0) is 97.2 Å². The molecule has 4 bridgehead atoms. The maximum Gasteiger partial charge on any atom is 0.294 e. The number of hydrogen-bond donors (Lipinski definition) is 2. The standard InChI is InChI=1S/C48H63N5O3Si/c1-33(54)49-43-32-51(44(43)25-26-48(2,3)57(56,40-19-6-4-7-20-40)41-21-8-5-9-22-41)46-47(55)53(45-24-13-12-23-42(45)50-46)39-30-36-17-14-18-37(31-39)52(36)38-28-34-15-10-11-16-35(27-34)29-38/h4-9,12-13,19-24,34-39,43-44,56H,10-11,14-18,25-32H2,1-3H3,(H,49,54)/t34?,35?,36-,37+,38?,39+,43-,44-/m1/s1. The quantitative estimate of drug-likeness (QED) is 0.164. The fourth-order valence-electron chi connectivity index (χ4n) is 12.5. The number of aromatic nitrogens is 2. The summed E-state index contributed by atoms with van der Waals surface area (Å²) >= 11 is 0. The lowest BCUT2D eigenvalue weighted by molar-refractivity contribution is -0.120. The average Bonchev–Trinajstić information content (AvgIpc) is 3.37. The minimum Gasteiger partial charge on any atom is -0.424 e. The summed E-state index contributed by atoms with van der Waals surface area (Å²) in [6.07, 6.45) is 17.0. The van der Waals surface area contributed by atoms with Gasteiger partial charge in [0.25, 0.3) is 13.9 Å². The molecule has 3 aromatic carbocycles. The zero-order valence-electron chi connectivity index (χ0n) is 34.4. The van der Waals surface area contributed by atoms with E-state index in [9.17, 15) is 9.59 Å². The minimum absolute atomic E-state index is 0.00102. The molecule has 9 heteroatoms. The molecular formula is C48H63N5O3Si. The maximum atomic E-state index is 15.1. The van der Waals surface area contributed by atoms with E-state index in [0.717, 1.165) is 46.1 Å². The first kappa shape index (κ1) is 38.7. The van der Waals surface area contributed by atoms with Crippen LogP contribution >= 0.6 is 0 Å². The van der Waals surface area contributed by atoms with E-state index in [1.54, 1.807) is 6.92 Å². The molecule has 2 unspecified atom stereocenters. The van der Waals surface area contributed by atoms with Crippen LogP contribution in [0.1, 0.15) is 117 Å². The SMILES string of the molecule is CC(=O)N[C@@H]1CN(c2nc3ccccc3n([C@H]3C[C@H]4CCC[C@@H](C3)N4C3CC4CCCCC(C4)C3)c2=O)[C@@H]1CCC(C)(C)[Si](O)(c1ccccc1)c1ccccc1. The molecule has 2 N–H and O–H groups in total. The molecule has 7 atom stereocenters. The van der Waals surface area contributed by atoms with Crippen molar-refractivity contribution < 1.29 is 9.59 Å². The van der Waals surface area contributed by atoms with Gasteiger partial charge in [0.15, 0.2) is 5.82 Å². The van der Waals surface area contributed by atoms with Crippen molar-refractivity contribution in [2.45, 2.75) is 152 Å². The number of rotatable bonds is 10. The van der Waals surface area contributed by atoms with Gasteiger partial charge in [-0.25, -0.2) is 4.98 Å². The van der Waals surface area contributed by atoms with Crippen molar-refractivity contribution in [3.8, 4) is 0 Å². The zero-order chi connectivity index (χ0) is 39.3. The molecule has 302 valence electrons. The molecule has 4 heterocycles. The number of anilines is 1. The lowest BCUT2D eigenvalue weighted by Crippen LogP contribution is -2.69. The van der Waals surface area contributed by atoms with E-state index < -0.39 is 13.4 Å². The molecule has 3 aliphatic heterocycles. The molecule has 5 fully saturated rings. The van der Waals surface area contributed by atoms with Crippen molar-refractivity contribution in [1.29, 1.82) is 0 Å². The molecule has 2 saturated carbocycles. The van der Waals surface area contributed by atoms with Gasteiger partial charge in [-0.3, -0.25) is 14.5 Å². The van der Waals surface area contributed by atoms with E-state index in [4.69, 9.17) is 4.98 Å². The van der Waals surface area contributed by atoms with Crippen LogP contribution in [-0.4, -0.2) is 70.2 Å². The van der Waals surface area contributed by atoms with Crippen LogP contribution < -0.4 is 26.1 Å². The highest BCUT2D eigenvalue weighted by atomic mass is 28.4. The molecule has 1 amide bonds. The number of nitrogens with zero attached hydrogens (tertiary/aromatic N) is 4. The number of benzene rings is 3. The first-order chi connectivity index (χ1) is 27.6. The van der Waals surface area contributed by atoms with Crippen molar-refractivity contribution >= 4 is 41.4 Å². The maximum absolute atomic E-state index is 15.1. The summed E-state index contributed by atoms with van der Waals surface area (Å²) < 4.78 is 2.14. The second-order valence-electron chi connectivity index (χ2n) is 19.2. The van der Waals surface area contributed by atoms with Crippen LogP contribution in [0, 0.1) is 11.8 Å². The Balaban J connectivity index is 1.02. The zero-order valence-corrected chi connectivity index (χ0v) is 35.4. The number of para-hydroxylation sites is 2. The average molecular weight is 786 g/mol. The molecule has 5 aliphatic rings. The monoisotopic (exact) mass is 785 g/mol. The van der Waals surface area contributed by atoms with E-state index in [-0.39, 0.29) is 29.6 Å². The Morgan fingerprint density at radius 3 is 1.98 bits per heavy atom.